The third kappa shape index (κ3) is 4.20. The average Bonchev–Trinajstić information content (AvgIpc) is 2.69. The highest BCUT2D eigenvalue weighted by Gasteiger charge is 2.15. The summed E-state index contributed by atoms with van der Waals surface area (Å²) in [6.45, 7) is -0.822. The first-order valence-corrected chi connectivity index (χ1v) is 8.37. The van der Waals surface area contributed by atoms with E-state index in [0.29, 0.717) is 22.9 Å². The third-order valence-electron chi connectivity index (χ3n) is 3.87. The Morgan fingerprint density at radius 3 is 2.54 bits per heavy atom. The standard InChI is InChI=1S/C19H16F2N4O3/c1-2-25-18(27)15-6-4-3-5-14(15)16(24-25)17(26)23-22-11-12-7-9-13(10-8-12)28-19(20)21/h3-11,19H,2H2,1H3,(H,23,26)/b22-11-. The van der Waals surface area contributed by atoms with Gasteiger partial charge in [-0.15, -0.1) is 0 Å². The maximum absolute atomic E-state index is 12.5. The summed E-state index contributed by atoms with van der Waals surface area (Å²) >= 11 is 0. The number of carbonyl (C=O) groups is 1. The number of benzene rings is 2. The number of ether oxygens (including phenoxy) is 1. The smallest absolute Gasteiger partial charge is 0.387 e. The van der Waals surface area contributed by atoms with Crippen LogP contribution in [-0.4, -0.2) is 28.5 Å². The van der Waals surface area contributed by atoms with E-state index in [2.05, 4.69) is 20.4 Å². The SMILES string of the molecule is CCn1nc(C(=O)N/N=C\c2ccc(OC(F)F)cc2)c2ccccc2c1=O. The number of hydrogen-bond acceptors (Lipinski definition) is 5. The summed E-state index contributed by atoms with van der Waals surface area (Å²) in [7, 11) is 0. The zero-order valence-electron chi connectivity index (χ0n) is 14.8. The summed E-state index contributed by atoms with van der Waals surface area (Å²) < 4.78 is 29.8. The van der Waals surface area contributed by atoms with E-state index in [4.69, 9.17) is 0 Å². The summed E-state index contributed by atoms with van der Waals surface area (Å²) in [5, 5.41) is 8.79. The Bertz CT molecular complexity index is 1080. The van der Waals surface area contributed by atoms with Crippen molar-refractivity contribution in [3.05, 3.63) is 70.1 Å². The molecule has 0 aliphatic carbocycles. The predicted octanol–water partition coefficient (Wildman–Crippen LogP) is 2.78. The molecule has 3 rings (SSSR count). The predicted molar refractivity (Wildman–Crippen MR) is 99.8 cm³/mol. The van der Waals surface area contributed by atoms with Crippen LogP contribution in [0.4, 0.5) is 8.78 Å². The number of rotatable bonds is 6. The van der Waals surface area contributed by atoms with Crippen LogP contribution >= 0.6 is 0 Å². The van der Waals surface area contributed by atoms with Crippen molar-refractivity contribution in [1.29, 1.82) is 0 Å². The molecule has 0 spiro atoms. The second kappa shape index (κ2) is 8.38. The molecule has 0 fully saturated rings. The summed E-state index contributed by atoms with van der Waals surface area (Å²) in [4.78, 5) is 24.8. The number of carbonyl (C=O) groups excluding carboxylic acids is 1. The van der Waals surface area contributed by atoms with Gasteiger partial charge in [0.15, 0.2) is 5.69 Å². The number of fused-ring (bicyclic) bond motifs is 1. The second-order valence-electron chi connectivity index (χ2n) is 5.66. The molecule has 7 nitrogen and oxygen atoms in total. The lowest BCUT2D eigenvalue weighted by Crippen LogP contribution is -2.28. The Hall–Kier alpha value is -3.62. The molecule has 28 heavy (non-hydrogen) atoms. The monoisotopic (exact) mass is 386 g/mol. The molecule has 0 aliphatic heterocycles. The molecule has 1 N–H and O–H groups in total. The molecule has 3 aromatic rings. The Balaban J connectivity index is 1.79. The second-order valence-corrected chi connectivity index (χ2v) is 5.66. The van der Waals surface area contributed by atoms with Crippen molar-refractivity contribution in [2.24, 2.45) is 5.10 Å². The van der Waals surface area contributed by atoms with E-state index in [1.54, 1.807) is 31.2 Å². The summed E-state index contributed by atoms with van der Waals surface area (Å²) in [6.07, 6.45) is 1.35. The van der Waals surface area contributed by atoms with Crippen molar-refractivity contribution >= 4 is 22.9 Å². The molecule has 0 atom stereocenters. The van der Waals surface area contributed by atoms with E-state index in [9.17, 15) is 18.4 Å². The van der Waals surface area contributed by atoms with Gasteiger partial charge in [0.2, 0.25) is 0 Å². The van der Waals surface area contributed by atoms with Crippen LogP contribution < -0.4 is 15.7 Å². The quantitative estimate of drug-likeness (QED) is 0.521. The minimum absolute atomic E-state index is 0.0219. The van der Waals surface area contributed by atoms with E-state index in [1.165, 1.54) is 35.2 Å². The van der Waals surface area contributed by atoms with Gasteiger partial charge in [-0.05, 0) is 42.8 Å². The molecular formula is C19H16F2N4O3. The average molecular weight is 386 g/mol. The van der Waals surface area contributed by atoms with E-state index < -0.39 is 12.5 Å². The third-order valence-corrected chi connectivity index (χ3v) is 3.87. The summed E-state index contributed by atoms with van der Waals surface area (Å²) in [5.41, 5.74) is 2.73. The number of aromatic nitrogens is 2. The van der Waals surface area contributed by atoms with Gasteiger partial charge < -0.3 is 4.74 Å². The van der Waals surface area contributed by atoms with Gasteiger partial charge in [-0.1, -0.05) is 18.2 Å². The molecule has 0 radical (unpaired) electrons. The van der Waals surface area contributed by atoms with Gasteiger partial charge in [-0.3, -0.25) is 9.59 Å². The van der Waals surface area contributed by atoms with Gasteiger partial charge in [0.1, 0.15) is 5.75 Å². The largest absolute Gasteiger partial charge is 0.435 e. The minimum Gasteiger partial charge on any atom is -0.435 e. The number of hydrogen-bond donors (Lipinski definition) is 1. The molecule has 0 saturated carbocycles. The first-order valence-electron chi connectivity index (χ1n) is 8.37. The summed E-state index contributed by atoms with van der Waals surface area (Å²) in [5.74, 6) is -0.555. The van der Waals surface area contributed by atoms with Crippen LogP contribution in [0.25, 0.3) is 10.8 Å². The van der Waals surface area contributed by atoms with Gasteiger partial charge in [0, 0.05) is 11.9 Å². The Morgan fingerprint density at radius 1 is 1.21 bits per heavy atom. The topological polar surface area (TPSA) is 85.6 Å². The fourth-order valence-corrected chi connectivity index (χ4v) is 2.57. The molecule has 0 saturated heterocycles. The maximum atomic E-state index is 12.5. The molecule has 0 aliphatic rings. The van der Waals surface area contributed by atoms with Crippen molar-refractivity contribution in [3.63, 3.8) is 0 Å². The zero-order chi connectivity index (χ0) is 20.1. The molecule has 1 aromatic heterocycles. The number of aryl methyl sites for hydroxylation is 1. The van der Waals surface area contributed by atoms with Crippen molar-refractivity contribution in [2.75, 3.05) is 0 Å². The summed E-state index contributed by atoms with van der Waals surface area (Å²) in [6, 6.07) is 12.5. The van der Waals surface area contributed by atoms with Crippen LogP contribution in [-0.2, 0) is 6.54 Å². The van der Waals surface area contributed by atoms with E-state index in [0.717, 1.165) is 0 Å². The highest BCUT2D eigenvalue weighted by Crippen LogP contribution is 2.14. The number of nitrogens with zero attached hydrogens (tertiary/aromatic N) is 3. The normalized spacial score (nSPS) is 11.3. The molecule has 144 valence electrons. The van der Waals surface area contributed by atoms with Crippen LogP contribution in [0.2, 0.25) is 0 Å². The lowest BCUT2D eigenvalue weighted by Gasteiger charge is -2.08. The van der Waals surface area contributed by atoms with Gasteiger partial charge in [-0.2, -0.15) is 19.0 Å². The van der Waals surface area contributed by atoms with Gasteiger partial charge in [0.25, 0.3) is 11.5 Å². The lowest BCUT2D eigenvalue weighted by atomic mass is 10.1. The highest BCUT2D eigenvalue weighted by atomic mass is 19.3. The molecule has 1 amide bonds. The minimum atomic E-state index is -2.90. The van der Waals surface area contributed by atoms with Crippen LogP contribution in [0.1, 0.15) is 23.0 Å². The lowest BCUT2D eigenvalue weighted by molar-refractivity contribution is -0.0498. The van der Waals surface area contributed by atoms with E-state index >= 15 is 0 Å². The van der Waals surface area contributed by atoms with Crippen LogP contribution in [0.3, 0.4) is 0 Å². The Morgan fingerprint density at radius 2 is 1.89 bits per heavy atom. The highest BCUT2D eigenvalue weighted by molar-refractivity contribution is 6.04. The Labute approximate surface area is 158 Å². The Kier molecular flexibility index (Phi) is 5.73. The molecule has 0 unspecified atom stereocenters. The molecular weight excluding hydrogens is 370 g/mol. The van der Waals surface area contributed by atoms with Crippen LogP contribution in [0.5, 0.6) is 5.75 Å². The molecule has 2 aromatic carbocycles. The van der Waals surface area contributed by atoms with Crippen LogP contribution in [0.15, 0.2) is 58.4 Å². The first-order chi connectivity index (χ1) is 13.5. The number of alkyl halides is 2. The maximum Gasteiger partial charge on any atom is 0.387 e. The molecule has 0 bridgehead atoms. The number of halogens is 2. The van der Waals surface area contributed by atoms with Crippen molar-refractivity contribution in [3.8, 4) is 5.75 Å². The number of amides is 1. The number of nitrogens with one attached hydrogen (secondary N) is 1. The van der Waals surface area contributed by atoms with E-state index in [-0.39, 0.29) is 17.0 Å². The fourth-order valence-electron chi connectivity index (χ4n) is 2.57. The van der Waals surface area contributed by atoms with Crippen molar-refractivity contribution in [2.45, 2.75) is 20.1 Å². The zero-order valence-corrected chi connectivity index (χ0v) is 14.8. The van der Waals surface area contributed by atoms with Gasteiger partial charge in [-0.25, -0.2) is 10.1 Å². The van der Waals surface area contributed by atoms with Crippen molar-refractivity contribution in [1.82, 2.24) is 15.2 Å². The first kappa shape index (κ1) is 19.2. The van der Waals surface area contributed by atoms with E-state index in [1.807, 2.05) is 0 Å². The van der Waals surface area contributed by atoms with Crippen molar-refractivity contribution < 1.29 is 18.3 Å². The fraction of sp³-hybridized carbons (Fsp3) is 0.158. The molecule has 9 heteroatoms. The van der Waals surface area contributed by atoms with Crippen LogP contribution in [0, 0.1) is 0 Å². The number of hydrazone groups is 1. The molecule has 1 heterocycles. The van der Waals surface area contributed by atoms with Gasteiger partial charge in [0.05, 0.1) is 11.6 Å². The van der Waals surface area contributed by atoms with Gasteiger partial charge >= 0.3 is 6.61 Å².